The van der Waals surface area contributed by atoms with Gasteiger partial charge in [-0.05, 0) is 0 Å². The summed E-state index contributed by atoms with van der Waals surface area (Å²) in [4.78, 5) is 0. The molecule has 0 saturated carbocycles. The van der Waals surface area contributed by atoms with Gasteiger partial charge in [-0.3, -0.25) is 0 Å². The number of nitriles is 1. The second kappa shape index (κ2) is 1.75. The number of hydrogen-bond acceptors (Lipinski definition) is 3. The molecule has 7 heavy (non-hydrogen) atoms. The fourth-order valence-corrected chi connectivity index (χ4v) is 0.164. The van der Waals surface area contributed by atoms with Gasteiger partial charge in [-0.25, -0.2) is 0 Å². The summed E-state index contributed by atoms with van der Waals surface area (Å²) in [5, 5.41) is 7.42. The Bertz CT molecular complexity index is 176. The zero-order valence-electron chi connectivity index (χ0n) is 3.05. The van der Waals surface area contributed by atoms with Gasteiger partial charge in [-0.15, -0.1) is 0 Å². The van der Waals surface area contributed by atoms with Crippen molar-refractivity contribution >= 4 is 10.4 Å². The van der Waals surface area contributed by atoms with Gasteiger partial charge < -0.3 is 0 Å². The second-order valence-electron chi connectivity index (χ2n) is 0.652. The molecule has 40 valence electrons. The molecule has 0 radical (unpaired) electrons. The fraction of sp³-hybridized carbons (Fsp3) is 0. The summed E-state index contributed by atoms with van der Waals surface area (Å²) >= 11 is 0. The van der Waals surface area contributed by atoms with Crippen LogP contribution in [0.1, 0.15) is 0 Å². The first-order chi connectivity index (χ1) is 3.06. The van der Waals surface area contributed by atoms with Crippen LogP contribution in [0.5, 0.6) is 0 Å². The van der Waals surface area contributed by atoms with Crippen molar-refractivity contribution < 1.29 is 12.3 Å². The zero-order chi connectivity index (χ0) is 5.91. The topological polar surface area (TPSA) is 70.0 Å². The van der Waals surface area contributed by atoms with Crippen LogP contribution in [0.15, 0.2) is 0 Å². The van der Waals surface area contributed by atoms with E-state index < -0.39 is 10.4 Å². The molecule has 0 atom stereocenters. The third-order valence-electron chi connectivity index (χ3n) is 0.168. The van der Waals surface area contributed by atoms with Crippen molar-refractivity contribution in [3.63, 3.8) is 0 Å². The van der Waals surface area contributed by atoms with Crippen LogP contribution in [-0.2, 0) is 10.4 Å². The van der Waals surface area contributed by atoms with Crippen LogP contribution in [0.2, 0.25) is 0 Å². The molecule has 0 aromatic rings. The van der Waals surface area contributed by atoms with Gasteiger partial charge in [0, 0.05) is 0 Å². The molecule has 0 aliphatic rings. The van der Waals surface area contributed by atoms with Crippen molar-refractivity contribution in [3.8, 4) is 6.19 Å². The van der Waals surface area contributed by atoms with Crippen molar-refractivity contribution in [1.29, 1.82) is 5.26 Å². The van der Waals surface area contributed by atoms with E-state index in [9.17, 15) is 12.3 Å². The molecule has 0 aliphatic carbocycles. The fourth-order valence-electron chi connectivity index (χ4n) is 0.0545. The summed E-state index contributed by atoms with van der Waals surface area (Å²) < 4.78 is 30.4. The molecule has 0 saturated heterocycles. The molecule has 0 aromatic carbocycles. The molecule has 4 nitrogen and oxygen atoms in total. The van der Waals surface area contributed by atoms with E-state index in [0.717, 1.165) is 10.9 Å². The summed E-state index contributed by atoms with van der Waals surface area (Å²) in [6.45, 7) is 0. The molecule has 0 aromatic heterocycles. The monoisotopic (exact) mass is 124 g/mol. The molecule has 0 spiro atoms. The van der Waals surface area contributed by atoms with E-state index in [1.54, 1.807) is 0 Å². The van der Waals surface area contributed by atoms with E-state index in [2.05, 4.69) is 0 Å². The van der Waals surface area contributed by atoms with Gasteiger partial charge in [0.05, 0.1) is 0 Å². The number of nitrogens with zero attached hydrogens (tertiary/aromatic N) is 1. The molecular weight excluding hydrogens is 123 g/mol. The van der Waals surface area contributed by atoms with Crippen LogP contribution in [0.25, 0.3) is 0 Å². The van der Waals surface area contributed by atoms with E-state index in [1.165, 1.54) is 0 Å². The Morgan fingerprint density at radius 3 is 2.14 bits per heavy atom. The van der Waals surface area contributed by atoms with Crippen molar-refractivity contribution in [2.45, 2.75) is 0 Å². The maximum atomic E-state index is 11.0. The van der Waals surface area contributed by atoms with E-state index in [1.807, 2.05) is 0 Å². The first kappa shape index (κ1) is 6.17. The smallest absolute Gasteiger partial charge is 0.193 e. The highest BCUT2D eigenvalue weighted by molar-refractivity contribution is 7.84. The van der Waals surface area contributed by atoms with E-state index >= 15 is 0 Å². The Kier molecular flexibility index (Phi) is 1.54. The normalized spacial score (nSPS) is 9.71. The molecule has 0 aliphatic heterocycles. The molecule has 0 amide bonds. The third-order valence-corrected chi connectivity index (χ3v) is 0.503. The van der Waals surface area contributed by atoms with E-state index in [0.29, 0.717) is 0 Å². The SMILES string of the molecule is N#CNS(=O)(=O)F. The summed E-state index contributed by atoms with van der Waals surface area (Å²) in [5.74, 6) is 0. The average molecular weight is 124 g/mol. The molecule has 0 rings (SSSR count). The maximum Gasteiger partial charge on any atom is 0.405 e. The van der Waals surface area contributed by atoms with Crippen LogP contribution in [0.3, 0.4) is 0 Å². The summed E-state index contributed by atoms with van der Waals surface area (Å²) in [7, 11) is -4.79. The molecule has 6 heteroatoms. The molecule has 0 bridgehead atoms. The van der Waals surface area contributed by atoms with Gasteiger partial charge in [-0.2, -0.15) is 18.4 Å². The van der Waals surface area contributed by atoms with Crippen LogP contribution < -0.4 is 4.72 Å². The first-order valence-corrected chi connectivity index (χ1v) is 2.55. The predicted molar refractivity (Wildman–Crippen MR) is 18.8 cm³/mol. The first-order valence-electron chi connectivity index (χ1n) is 1.17. The van der Waals surface area contributed by atoms with Crippen LogP contribution >= 0.6 is 0 Å². The van der Waals surface area contributed by atoms with Gasteiger partial charge in [0.25, 0.3) is 0 Å². The maximum absolute atomic E-state index is 11.0. The lowest BCUT2D eigenvalue weighted by molar-refractivity contribution is 0.546. The Balaban J connectivity index is 3.92. The minimum Gasteiger partial charge on any atom is -0.193 e. The van der Waals surface area contributed by atoms with Gasteiger partial charge in [0.1, 0.15) is 0 Å². The van der Waals surface area contributed by atoms with Crippen LogP contribution in [0, 0.1) is 11.5 Å². The highest BCUT2D eigenvalue weighted by Crippen LogP contribution is 1.77. The van der Waals surface area contributed by atoms with Gasteiger partial charge in [-0.1, -0.05) is 3.89 Å². The minimum atomic E-state index is -4.79. The van der Waals surface area contributed by atoms with Crippen molar-refractivity contribution in [1.82, 2.24) is 4.72 Å². The minimum absolute atomic E-state index is 0.895. The molecule has 1 N–H and O–H groups in total. The molecule has 0 fully saturated rings. The van der Waals surface area contributed by atoms with Gasteiger partial charge in [0.2, 0.25) is 0 Å². The van der Waals surface area contributed by atoms with Crippen molar-refractivity contribution in [2.24, 2.45) is 0 Å². The van der Waals surface area contributed by atoms with E-state index in [4.69, 9.17) is 5.26 Å². The quantitative estimate of drug-likeness (QED) is 0.284. The van der Waals surface area contributed by atoms with E-state index in [-0.39, 0.29) is 0 Å². The zero-order valence-corrected chi connectivity index (χ0v) is 3.87. The predicted octanol–water partition coefficient (Wildman–Crippen LogP) is -0.729. The Hall–Kier alpha value is -0.830. The van der Waals surface area contributed by atoms with Crippen molar-refractivity contribution in [3.05, 3.63) is 0 Å². The Morgan fingerprint density at radius 2 is 2.14 bits per heavy atom. The van der Waals surface area contributed by atoms with Crippen LogP contribution in [-0.4, -0.2) is 8.42 Å². The average Bonchev–Trinajstić information content (AvgIpc) is 1.30. The van der Waals surface area contributed by atoms with Gasteiger partial charge >= 0.3 is 10.4 Å². The lowest BCUT2D eigenvalue weighted by Gasteiger charge is -1.78. The number of nitrogens with one attached hydrogen (secondary N) is 1. The molecular formula is CHFN2O2S. The number of hydrogen-bond donors (Lipinski definition) is 1. The van der Waals surface area contributed by atoms with Crippen LogP contribution in [0.4, 0.5) is 3.89 Å². The van der Waals surface area contributed by atoms with Crippen molar-refractivity contribution in [2.75, 3.05) is 0 Å². The Labute approximate surface area is 39.9 Å². The highest BCUT2D eigenvalue weighted by atomic mass is 32.3. The third kappa shape index (κ3) is 5.17. The van der Waals surface area contributed by atoms with Gasteiger partial charge in [0.15, 0.2) is 6.19 Å². The standard InChI is InChI=1S/CHFN2O2S/c2-7(5,6)4-1-3/h4H. The second-order valence-corrected chi connectivity index (χ2v) is 1.73. The lowest BCUT2D eigenvalue weighted by atomic mass is 11.5. The number of rotatable bonds is 1. The largest absolute Gasteiger partial charge is 0.405 e. The summed E-state index contributed by atoms with van der Waals surface area (Å²) in [5.41, 5.74) is 0. The lowest BCUT2D eigenvalue weighted by Crippen LogP contribution is -2.10. The highest BCUT2D eigenvalue weighted by Gasteiger charge is 1.99. The summed E-state index contributed by atoms with van der Waals surface area (Å²) in [6.07, 6.45) is 0.895. The molecule has 0 heterocycles. The summed E-state index contributed by atoms with van der Waals surface area (Å²) in [6, 6.07) is 0. The molecule has 0 unspecified atom stereocenters. The Morgan fingerprint density at radius 1 is 1.71 bits per heavy atom. The number of halogens is 1.